The molecular formula is C16H17NO3. The lowest BCUT2D eigenvalue weighted by atomic mass is 10.2. The molecule has 2 aromatic rings. The average molecular weight is 271 g/mol. The van der Waals surface area contributed by atoms with Crippen LogP contribution in [0.25, 0.3) is 0 Å². The van der Waals surface area contributed by atoms with Gasteiger partial charge in [0.15, 0.2) is 5.75 Å². The van der Waals surface area contributed by atoms with Crippen molar-refractivity contribution in [3.8, 4) is 11.5 Å². The number of hydrogen-bond acceptors (Lipinski definition) is 3. The standard InChI is InChI=1S/C16H17NO3/c1-12(19-2)16(18)17-14-10-6-7-11-15(14)20-13-8-4-3-5-9-13/h3-12H,1-2H3,(H,17,18). The molecule has 2 rings (SSSR count). The maximum atomic E-state index is 11.9. The first-order valence-corrected chi connectivity index (χ1v) is 6.36. The van der Waals surface area contributed by atoms with E-state index in [1.807, 2.05) is 42.5 Å². The van der Waals surface area contributed by atoms with Crippen LogP contribution < -0.4 is 10.1 Å². The molecule has 20 heavy (non-hydrogen) atoms. The van der Waals surface area contributed by atoms with E-state index in [9.17, 15) is 4.79 Å². The van der Waals surface area contributed by atoms with E-state index in [1.54, 1.807) is 19.1 Å². The van der Waals surface area contributed by atoms with E-state index >= 15 is 0 Å². The van der Waals surface area contributed by atoms with Crippen LogP contribution in [0.15, 0.2) is 54.6 Å². The summed E-state index contributed by atoms with van der Waals surface area (Å²) in [5.74, 6) is 1.10. The summed E-state index contributed by atoms with van der Waals surface area (Å²) in [6.07, 6.45) is -0.514. The van der Waals surface area contributed by atoms with Crippen molar-refractivity contribution in [1.82, 2.24) is 0 Å². The van der Waals surface area contributed by atoms with Gasteiger partial charge in [0.25, 0.3) is 5.91 Å². The van der Waals surface area contributed by atoms with E-state index in [1.165, 1.54) is 7.11 Å². The molecule has 0 aromatic heterocycles. The fourth-order valence-corrected chi connectivity index (χ4v) is 1.62. The molecular weight excluding hydrogens is 254 g/mol. The smallest absolute Gasteiger partial charge is 0.253 e. The number of anilines is 1. The van der Waals surface area contributed by atoms with Crippen molar-refractivity contribution in [3.63, 3.8) is 0 Å². The minimum atomic E-state index is -0.514. The molecule has 0 radical (unpaired) electrons. The van der Waals surface area contributed by atoms with Crippen LogP contribution >= 0.6 is 0 Å². The second-order valence-electron chi connectivity index (χ2n) is 4.28. The summed E-state index contributed by atoms with van der Waals surface area (Å²) in [5.41, 5.74) is 0.616. The number of benzene rings is 2. The third-order valence-corrected chi connectivity index (χ3v) is 2.84. The highest BCUT2D eigenvalue weighted by Gasteiger charge is 2.14. The van der Waals surface area contributed by atoms with E-state index in [0.717, 1.165) is 0 Å². The van der Waals surface area contributed by atoms with Gasteiger partial charge in [0.05, 0.1) is 5.69 Å². The van der Waals surface area contributed by atoms with Gasteiger partial charge in [0, 0.05) is 7.11 Å². The van der Waals surface area contributed by atoms with Crippen LogP contribution in [0.1, 0.15) is 6.92 Å². The highest BCUT2D eigenvalue weighted by molar-refractivity contribution is 5.95. The highest BCUT2D eigenvalue weighted by atomic mass is 16.5. The summed E-state index contributed by atoms with van der Waals surface area (Å²) >= 11 is 0. The molecule has 1 unspecified atom stereocenters. The number of ether oxygens (including phenoxy) is 2. The summed E-state index contributed by atoms with van der Waals surface area (Å²) in [6, 6.07) is 16.7. The Hall–Kier alpha value is -2.33. The summed E-state index contributed by atoms with van der Waals surface area (Å²) in [7, 11) is 1.50. The number of nitrogens with one attached hydrogen (secondary N) is 1. The minimum Gasteiger partial charge on any atom is -0.455 e. The summed E-state index contributed by atoms with van der Waals surface area (Å²) in [5, 5.41) is 2.79. The number of methoxy groups -OCH3 is 1. The van der Waals surface area contributed by atoms with Gasteiger partial charge in [0.1, 0.15) is 11.9 Å². The zero-order valence-electron chi connectivity index (χ0n) is 11.5. The molecule has 0 aliphatic rings. The number of carbonyl (C=O) groups is 1. The van der Waals surface area contributed by atoms with Crippen LogP contribution in [-0.4, -0.2) is 19.1 Å². The second kappa shape index (κ2) is 6.73. The number of carbonyl (C=O) groups excluding carboxylic acids is 1. The molecule has 0 fully saturated rings. The topological polar surface area (TPSA) is 47.6 Å². The molecule has 0 aliphatic carbocycles. The Kier molecular flexibility index (Phi) is 4.74. The van der Waals surface area contributed by atoms with Crippen molar-refractivity contribution in [2.45, 2.75) is 13.0 Å². The normalized spacial score (nSPS) is 11.7. The Labute approximate surface area is 118 Å². The molecule has 0 bridgehead atoms. The number of hydrogen-bond donors (Lipinski definition) is 1. The number of para-hydroxylation sites is 3. The number of rotatable bonds is 5. The molecule has 0 spiro atoms. The Balaban J connectivity index is 2.16. The zero-order valence-corrected chi connectivity index (χ0v) is 11.5. The van der Waals surface area contributed by atoms with Crippen molar-refractivity contribution in [3.05, 3.63) is 54.6 Å². The van der Waals surface area contributed by atoms with Gasteiger partial charge in [0.2, 0.25) is 0 Å². The van der Waals surface area contributed by atoms with E-state index < -0.39 is 6.10 Å². The van der Waals surface area contributed by atoms with Crippen molar-refractivity contribution < 1.29 is 14.3 Å². The van der Waals surface area contributed by atoms with Crippen LogP contribution in [0.4, 0.5) is 5.69 Å². The molecule has 0 saturated heterocycles. The third-order valence-electron chi connectivity index (χ3n) is 2.84. The maximum Gasteiger partial charge on any atom is 0.253 e. The van der Waals surface area contributed by atoms with Crippen LogP contribution in [0.2, 0.25) is 0 Å². The van der Waals surface area contributed by atoms with Crippen LogP contribution in [-0.2, 0) is 9.53 Å². The molecule has 4 heteroatoms. The van der Waals surface area contributed by atoms with Gasteiger partial charge in [-0.1, -0.05) is 30.3 Å². The van der Waals surface area contributed by atoms with Gasteiger partial charge in [-0.25, -0.2) is 0 Å². The van der Waals surface area contributed by atoms with Gasteiger partial charge in [-0.05, 0) is 31.2 Å². The van der Waals surface area contributed by atoms with E-state index in [0.29, 0.717) is 17.2 Å². The molecule has 1 amide bonds. The Morgan fingerprint density at radius 2 is 1.70 bits per heavy atom. The van der Waals surface area contributed by atoms with Gasteiger partial charge < -0.3 is 14.8 Å². The predicted octanol–water partition coefficient (Wildman–Crippen LogP) is 3.45. The van der Waals surface area contributed by atoms with Gasteiger partial charge >= 0.3 is 0 Å². The fourth-order valence-electron chi connectivity index (χ4n) is 1.62. The number of amides is 1. The highest BCUT2D eigenvalue weighted by Crippen LogP contribution is 2.29. The Morgan fingerprint density at radius 3 is 2.40 bits per heavy atom. The Bertz CT molecular complexity index is 569. The molecule has 4 nitrogen and oxygen atoms in total. The van der Waals surface area contributed by atoms with Gasteiger partial charge in [-0.2, -0.15) is 0 Å². The first-order valence-electron chi connectivity index (χ1n) is 6.36. The molecule has 1 atom stereocenters. The van der Waals surface area contributed by atoms with Crippen LogP contribution in [0, 0.1) is 0 Å². The lowest BCUT2D eigenvalue weighted by Gasteiger charge is -2.14. The third kappa shape index (κ3) is 3.59. The van der Waals surface area contributed by atoms with E-state index in [-0.39, 0.29) is 5.91 Å². The fraction of sp³-hybridized carbons (Fsp3) is 0.188. The van der Waals surface area contributed by atoms with Crippen molar-refractivity contribution in [2.75, 3.05) is 12.4 Å². The monoisotopic (exact) mass is 271 g/mol. The molecule has 2 aromatic carbocycles. The SMILES string of the molecule is COC(C)C(=O)Nc1ccccc1Oc1ccccc1. The lowest BCUT2D eigenvalue weighted by Crippen LogP contribution is -2.26. The zero-order chi connectivity index (χ0) is 14.4. The first kappa shape index (κ1) is 14.1. The first-order chi connectivity index (χ1) is 9.70. The quantitative estimate of drug-likeness (QED) is 0.906. The van der Waals surface area contributed by atoms with Crippen molar-refractivity contribution >= 4 is 11.6 Å². The average Bonchev–Trinajstić information content (AvgIpc) is 2.49. The summed E-state index contributed by atoms with van der Waals surface area (Å²) in [4.78, 5) is 11.9. The predicted molar refractivity (Wildman–Crippen MR) is 78.1 cm³/mol. The second-order valence-corrected chi connectivity index (χ2v) is 4.28. The maximum absolute atomic E-state index is 11.9. The van der Waals surface area contributed by atoms with Gasteiger partial charge in [-0.3, -0.25) is 4.79 Å². The molecule has 0 aliphatic heterocycles. The summed E-state index contributed by atoms with van der Waals surface area (Å²) in [6.45, 7) is 1.69. The largest absolute Gasteiger partial charge is 0.455 e. The minimum absolute atomic E-state index is 0.211. The van der Waals surface area contributed by atoms with Gasteiger partial charge in [-0.15, -0.1) is 0 Å². The van der Waals surface area contributed by atoms with E-state index in [2.05, 4.69) is 5.32 Å². The summed E-state index contributed by atoms with van der Waals surface area (Å²) < 4.78 is 10.8. The molecule has 0 saturated carbocycles. The van der Waals surface area contributed by atoms with Crippen LogP contribution in [0.5, 0.6) is 11.5 Å². The van der Waals surface area contributed by atoms with Crippen LogP contribution in [0.3, 0.4) is 0 Å². The molecule has 104 valence electrons. The lowest BCUT2D eigenvalue weighted by molar-refractivity contribution is -0.124. The van der Waals surface area contributed by atoms with Crippen molar-refractivity contribution in [1.29, 1.82) is 0 Å². The van der Waals surface area contributed by atoms with E-state index in [4.69, 9.17) is 9.47 Å². The Morgan fingerprint density at radius 1 is 1.05 bits per heavy atom. The molecule has 0 heterocycles. The van der Waals surface area contributed by atoms with Crippen molar-refractivity contribution in [2.24, 2.45) is 0 Å². The molecule has 1 N–H and O–H groups in total.